The Balaban J connectivity index is 1.47. The van der Waals surface area contributed by atoms with Crippen molar-refractivity contribution in [2.24, 2.45) is 28.3 Å². The molecule has 0 aromatic heterocycles. The molecule has 0 unspecified atom stereocenters. The number of carbonyl (C=O) groups excluding carboxylic acids is 1. The molecule has 4 aliphatic rings. The molecule has 22 heavy (non-hydrogen) atoms. The van der Waals surface area contributed by atoms with Crippen LogP contribution in [0.25, 0.3) is 0 Å². The quantitative estimate of drug-likeness (QED) is 0.613. The van der Waals surface area contributed by atoms with Crippen LogP contribution in [0, 0.1) is 28.1 Å². The van der Waals surface area contributed by atoms with Gasteiger partial charge in [0.05, 0.1) is 5.41 Å². The summed E-state index contributed by atoms with van der Waals surface area (Å²) in [4.78, 5) is 23.5. The van der Waals surface area contributed by atoms with Crippen LogP contribution in [-0.4, -0.2) is 5.97 Å². The van der Waals surface area contributed by atoms with Gasteiger partial charge >= 0.3 is 5.97 Å². The largest absolute Gasteiger partial charge is 0.460 e. The van der Waals surface area contributed by atoms with Crippen molar-refractivity contribution >= 4 is 11.7 Å². The summed E-state index contributed by atoms with van der Waals surface area (Å²) in [5, 5.41) is 3.00. The van der Waals surface area contributed by atoms with Crippen molar-refractivity contribution in [2.75, 3.05) is 0 Å². The summed E-state index contributed by atoms with van der Waals surface area (Å²) in [5.74, 6) is 2.13. The Morgan fingerprint density at radius 3 is 2.27 bits per heavy atom. The highest BCUT2D eigenvalue weighted by molar-refractivity contribution is 5.77. The molecule has 0 atom stereocenters. The van der Waals surface area contributed by atoms with Crippen molar-refractivity contribution in [3.05, 3.63) is 34.7 Å². The van der Waals surface area contributed by atoms with Gasteiger partial charge in [-0.25, -0.2) is 0 Å². The lowest BCUT2D eigenvalue weighted by molar-refractivity contribution is -0.172. The summed E-state index contributed by atoms with van der Waals surface area (Å²) in [6.07, 6.45) is 6.95. The maximum atomic E-state index is 12.7. The molecule has 0 aliphatic heterocycles. The number of nitroso groups, excluding NO2 is 1. The van der Waals surface area contributed by atoms with Gasteiger partial charge in [-0.2, -0.15) is 0 Å². The third-order valence-electron chi connectivity index (χ3n) is 5.92. The van der Waals surface area contributed by atoms with Gasteiger partial charge in [0.15, 0.2) is 0 Å². The number of nitrogens with zero attached hydrogens (tertiary/aromatic N) is 1. The number of ether oxygens (including phenoxy) is 1. The first kappa shape index (κ1) is 13.9. The molecule has 4 saturated carbocycles. The van der Waals surface area contributed by atoms with Gasteiger partial charge in [-0.3, -0.25) is 4.79 Å². The third-order valence-corrected chi connectivity index (χ3v) is 5.92. The fourth-order valence-corrected chi connectivity index (χ4v) is 5.38. The van der Waals surface area contributed by atoms with Crippen molar-refractivity contribution in [1.29, 1.82) is 0 Å². The molecule has 4 aliphatic carbocycles. The highest BCUT2D eigenvalue weighted by atomic mass is 16.5. The highest BCUT2D eigenvalue weighted by Crippen LogP contribution is 2.60. The molecular weight excluding hydrogens is 278 g/mol. The summed E-state index contributed by atoms with van der Waals surface area (Å²) in [5.41, 5.74) is 0.814. The average molecular weight is 299 g/mol. The van der Waals surface area contributed by atoms with Gasteiger partial charge in [0, 0.05) is 5.56 Å². The number of benzene rings is 1. The molecule has 1 aromatic rings. The average Bonchev–Trinajstić information content (AvgIpc) is 2.51. The molecule has 4 heteroatoms. The van der Waals surface area contributed by atoms with E-state index in [9.17, 15) is 9.70 Å². The first-order chi connectivity index (χ1) is 10.7. The maximum Gasteiger partial charge on any atom is 0.312 e. The zero-order valence-electron chi connectivity index (χ0n) is 12.7. The lowest BCUT2D eigenvalue weighted by Gasteiger charge is -2.55. The fourth-order valence-electron chi connectivity index (χ4n) is 5.38. The smallest absolute Gasteiger partial charge is 0.312 e. The summed E-state index contributed by atoms with van der Waals surface area (Å²) >= 11 is 0. The molecule has 0 heterocycles. The number of hydrogen-bond donors (Lipinski definition) is 0. The normalized spacial score (nSPS) is 35.4. The molecule has 0 amide bonds. The molecule has 4 nitrogen and oxygen atoms in total. The zero-order chi connectivity index (χ0) is 15.2. The Labute approximate surface area is 130 Å². The van der Waals surface area contributed by atoms with Gasteiger partial charge in [0.2, 0.25) is 0 Å². The van der Waals surface area contributed by atoms with E-state index in [0.717, 1.165) is 37.0 Å². The highest BCUT2D eigenvalue weighted by Gasteiger charge is 2.55. The van der Waals surface area contributed by atoms with E-state index in [1.54, 1.807) is 18.2 Å². The molecule has 116 valence electrons. The van der Waals surface area contributed by atoms with Gasteiger partial charge in [0.25, 0.3) is 0 Å². The lowest BCUT2D eigenvalue weighted by Crippen LogP contribution is -2.50. The van der Waals surface area contributed by atoms with Gasteiger partial charge in [0.1, 0.15) is 12.3 Å². The van der Waals surface area contributed by atoms with Crippen molar-refractivity contribution in [3.8, 4) is 0 Å². The number of hydrogen-bond acceptors (Lipinski definition) is 4. The van der Waals surface area contributed by atoms with Crippen LogP contribution in [0.2, 0.25) is 0 Å². The van der Waals surface area contributed by atoms with Crippen LogP contribution >= 0.6 is 0 Å². The lowest BCUT2D eigenvalue weighted by atomic mass is 9.49. The Morgan fingerprint density at radius 2 is 1.68 bits per heavy atom. The molecule has 4 bridgehead atoms. The van der Waals surface area contributed by atoms with E-state index in [4.69, 9.17) is 4.74 Å². The molecule has 0 N–H and O–H groups in total. The van der Waals surface area contributed by atoms with Crippen molar-refractivity contribution in [1.82, 2.24) is 0 Å². The van der Waals surface area contributed by atoms with Crippen LogP contribution in [0.15, 0.2) is 29.4 Å². The number of carbonyl (C=O) groups is 1. The topological polar surface area (TPSA) is 55.7 Å². The number of esters is 1. The third kappa shape index (κ3) is 2.25. The summed E-state index contributed by atoms with van der Waals surface area (Å²) in [7, 11) is 0. The van der Waals surface area contributed by atoms with E-state index in [0.29, 0.717) is 11.3 Å². The second-order valence-corrected chi connectivity index (χ2v) is 7.49. The molecule has 5 rings (SSSR count). The van der Waals surface area contributed by atoms with Crippen LogP contribution in [0.5, 0.6) is 0 Å². The fraction of sp³-hybridized carbons (Fsp3) is 0.611. The van der Waals surface area contributed by atoms with Crippen molar-refractivity contribution in [3.63, 3.8) is 0 Å². The van der Waals surface area contributed by atoms with Gasteiger partial charge in [-0.05, 0) is 67.5 Å². The summed E-state index contributed by atoms with van der Waals surface area (Å²) < 4.78 is 5.62. The molecular formula is C18H21NO3. The first-order valence-electron chi connectivity index (χ1n) is 8.27. The molecule has 4 fully saturated rings. The second-order valence-electron chi connectivity index (χ2n) is 7.49. The van der Waals surface area contributed by atoms with Crippen LogP contribution in [-0.2, 0) is 16.1 Å². The first-order valence-corrected chi connectivity index (χ1v) is 8.27. The predicted molar refractivity (Wildman–Crippen MR) is 82.3 cm³/mol. The molecule has 0 radical (unpaired) electrons. The van der Waals surface area contributed by atoms with Crippen molar-refractivity contribution < 1.29 is 9.53 Å². The Morgan fingerprint density at radius 1 is 1.09 bits per heavy atom. The van der Waals surface area contributed by atoms with Gasteiger partial charge in [-0.1, -0.05) is 18.2 Å². The summed E-state index contributed by atoms with van der Waals surface area (Å²) in [6.45, 7) is 0.155. The Bertz CT molecular complexity index is 575. The molecule has 0 spiro atoms. The van der Waals surface area contributed by atoms with Crippen molar-refractivity contribution in [2.45, 2.75) is 45.1 Å². The van der Waals surface area contributed by atoms with E-state index >= 15 is 0 Å². The predicted octanol–water partition coefficient (Wildman–Crippen LogP) is 4.34. The zero-order valence-corrected chi connectivity index (χ0v) is 12.7. The monoisotopic (exact) mass is 299 g/mol. The van der Waals surface area contributed by atoms with E-state index in [1.165, 1.54) is 19.3 Å². The minimum atomic E-state index is -0.238. The van der Waals surface area contributed by atoms with E-state index in [1.807, 2.05) is 6.07 Å². The Hall–Kier alpha value is -1.71. The molecule has 0 saturated heterocycles. The van der Waals surface area contributed by atoms with Crippen LogP contribution < -0.4 is 0 Å². The van der Waals surface area contributed by atoms with E-state index in [2.05, 4.69) is 5.18 Å². The van der Waals surface area contributed by atoms with Gasteiger partial charge < -0.3 is 4.74 Å². The summed E-state index contributed by atoms with van der Waals surface area (Å²) in [6, 6.07) is 7.05. The van der Waals surface area contributed by atoms with E-state index < -0.39 is 0 Å². The van der Waals surface area contributed by atoms with Crippen LogP contribution in [0.3, 0.4) is 0 Å². The van der Waals surface area contributed by atoms with Gasteiger partial charge in [-0.15, -0.1) is 4.91 Å². The minimum Gasteiger partial charge on any atom is -0.460 e. The maximum absolute atomic E-state index is 12.7. The second kappa shape index (κ2) is 5.18. The standard InChI is InChI=1S/C18H21NO3/c20-17(22-11-15-3-1-2-4-16(15)19-21)18-8-12-5-13(9-18)7-14(6-12)10-18/h1-4,12-14H,5-11H2. The van der Waals surface area contributed by atoms with E-state index in [-0.39, 0.29) is 18.0 Å². The molecule has 1 aromatic carbocycles. The Kier molecular flexibility index (Phi) is 3.28. The number of rotatable bonds is 4. The SMILES string of the molecule is O=Nc1ccccc1COC(=O)C12CC3CC(CC(C3)C1)C2. The minimum absolute atomic E-state index is 0.0488. The van der Waals surface area contributed by atoms with Crippen LogP contribution in [0.4, 0.5) is 5.69 Å². The van der Waals surface area contributed by atoms with Crippen LogP contribution in [0.1, 0.15) is 44.1 Å².